The highest BCUT2D eigenvalue weighted by Crippen LogP contribution is 2.30. The lowest BCUT2D eigenvalue weighted by Gasteiger charge is -2.36. The van der Waals surface area contributed by atoms with Crippen LogP contribution in [0.1, 0.15) is 11.1 Å². The van der Waals surface area contributed by atoms with Gasteiger partial charge in [-0.2, -0.15) is 4.31 Å². The van der Waals surface area contributed by atoms with Crippen molar-refractivity contribution < 1.29 is 13.2 Å². The molecule has 5 nitrogen and oxygen atoms in total. The van der Waals surface area contributed by atoms with E-state index in [2.05, 4.69) is 4.90 Å². The van der Waals surface area contributed by atoms with E-state index in [4.69, 9.17) is 16.3 Å². The van der Waals surface area contributed by atoms with Crippen LogP contribution in [0.3, 0.4) is 0 Å². The van der Waals surface area contributed by atoms with Crippen molar-refractivity contribution >= 4 is 27.3 Å². The van der Waals surface area contributed by atoms with Crippen LogP contribution in [0.15, 0.2) is 41.3 Å². The molecule has 0 bridgehead atoms. The smallest absolute Gasteiger partial charge is 0.246 e. The average Bonchev–Trinajstić information content (AvgIpc) is 2.62. The molecule has 1 saturated heterocycles. The maximum atomic E-state index is 13.1. The molecular weight excluding hydrogens is 372 g/mol. The molecule has 0 radical (unpaired) electrons. The minimum atomic E-state index is -3.59. The van der Waals surface area contributed by atoms with Crippen molar-refractivity contribution in [2.75, 3.05) is 38.2 Å². The zero-order chi connectivity index (χ0) is 18.9. The second-order valence-electron chi connectivity index (χ2n) is 6.48. The predicted molar refractivity (Wildman–Crippen MR) is 105 cm³/mol. The van der Waals surface area contributed by atoms with Crippen molar-refractivity contribution in [3.8, 4) is 5.75 Å². The van der Waals surface area contributed by atoms with Gasteiger partial charge in [0.15, 0.2) is 0 Å². The largest absolute Gasteiger partial charge is 0.495 e. The molecule has 26 heavy (non-hydrogen) atoms. The number of anilines is 1. The molecule has 7 heteroatoms. The van der Waals surface area contributed by atoms with E-state index in [1.807, 2.05) is 38.1 Å². The van der Waals surface area contributed by atoms with Gasteiger partial charge >= 0.3 is 0 Å². The van der Waals surface area contributed by atoms with Crippen molar-refractivity contribution in [1.82, 2.24) is 4.31 Å². The topological polar surface area (TPSA) is 49.9 Å². The van der Waals surface area contributed by atoms with Gasteiger partial charge in [0.1, 0.15) is 10.6 Å². The van der Waals surface area contributed by atoms with E-state index in [-0.39, 0.29) is 4.90 Å². The van der Waals surface area contributed by atoms with Crippen molar-refractivity contribution in [2.24, 2.45) is 0 Å². The van der Waals surface area contributed by atoms with Gasteiger partial charge in [-0.1, -0.05) is 17.7 Å². The fraction of sp³-hybridized carbons (Fsp3) is 0.368. The second-order valence-corrected chi connectivity index (χ2v) is 8.82. The summed E-state index contributed by atoms with van der Waals surface area (Å²) in [5, 5.41) is 0.707. The standard InChI is InChI=1S/C19H23ClN2O3S/c1-14-4-7-18(25-3)19(12-14)26(23,24)22-10-8-21(9-11-22)17-6-5-16(20)13-15(17)2/h4-7,12-13H,8-11H2,1-3H3. The molecule has 3 rings (SSSR count). The number of sulfonamides is 1. The molecule has 1 aliphatic heterocycles. The van der Waals surface area contributed by atoms with Gasteiger partial charge < -0.3 is 9.64 Å². The molecule has 0 N–H and O–H groups in total. The lowest BCUT2D eigenvalue weighted by atomic mass is 10.1. The Bertz CT molecular complexity index is 907. The fourth-order valence-corrected chi connectivity index (χ4v) is 5.16. The molecule has 0 atom stereocenters. The Balaban J connectivity index is 1.80. The van der Waals surface area contributed by atoms with Crippen molar-refractivity contribution in [1.29, 1.82) is 0 Å². The summed E-state index contributed by atoms with van der Waals surface area (Å²) >= 11 is 6.03. The Hall–Kier alpha value is -1.76. The van der Waals surface area contributed by atoms with Crippen molar-refractivity contribution in [3.63, 3.8) is 0 Å². The zero-order valence-corrected chi connectivity index (χ0v) is 16.8. The molecule has 1 heterocycles. The molecule has 0 aromatic heterocycles. The first kappa shape index (κ1) is 19.0. The summed E-state index contributed by atoms with van der Waals surface area (Å²) in [7, 11) is -2.10. The molecule has 140 valence electrons. The number of hydrogen-bond acceptors (Lipinski definition) is 4. The van der Waals surface area contributed by atoms with Gasteiger partial charge in [0.2, 0.25) is 10.0 Å². The highest BCUT2D eigenvalue weighted by Gasteiger charge is 2.31. The number of rotatable bonds is 4. The molecule has 0 unspecified atom stereocenters. The Morgan fingerprint density at radius 3 is 2.31 bits per heavy atom. The number of halogens is 1. The summed E-state index contributed by atoms with van der Waals surface area (Å²) in [6.45, 7) is 6.02. The Labute approximate surface area is 160 Å². The van der Waals surface area contributed by atoms with Crippen LogP contribution >= 0.6 is 11.6 Å². The number of ether oxygens (including phenoxy) is 1. The number of methoxy groups -OCH3 is 1. The van der Waals surface area contributed by atoms with E-state index in [0.29, 0.717) is 37.0 Å². The van der Waals surface area contributed by atoms with Gasteiger partial charge in [-0.3, -0.25) is 0 Å². The molecule has 1 fully saturated rings. The van der Waals surface area contributed by atoms with Gasteiger partial charge in [-0.25, -0.2) is 8.42 Å². The maximum Gasteiger partial charge on any atom is 0.246 e. The van der Waals surface area contributed by atoms with E-state index < -0.39 is 10.0 Å². The number of benzene rings is 2. The number of piperazine rings is 1. The molecule has 2 aromatic carbocycles. The lowest BCUT2D eigenvalue weighted by molar-refractivity contribution is 0.374. The first-order chi connectivity index (χ1) is 12.3. The number of aryl methyl sites for hydroxylation is 2. The van der Waals surface area contributed by atoms with E-state index >= 15 is 0 Å². The average molecular weight is 395 g/mol. The molecule has 0 amide bonds. The van der Waals surface area contributed by atoms with Crippen LogP contribution in [0.4, 0.5) is 5.69 Å². The van der Waals surface area contributed by atoms with Gasteiger partial charge in [-0.05, 0) is 55.3 Å². The van der Waals surface area contributed by atoms with E-state index in [0.717, 1.165) is 16.8 Å². The van der Waals surface area contributed by atoms with Crippen LogP contribution in [0, 0.1) is 13.8 Å². The SMILES string of the molecule is COc1ccc(C)cc1S(=O)(=O)N1CCN(c2ccc(Cl)cc2C)CC1. The lowest BCUT2D eigenvalue weighted by Crippen LogP contribution is -2.48. The van der Waals surface area contributed by atoms with Crippen molar-refractivity contribution in [2.45, 2.75) is 18.7 Å². The van der Waals surface area contributed by atoms with Crippen LogP contribution in [0.5, 0.6) is 5.75 Å². The van der Waals surface area contributed by atoms with Crippen LogP contribution in [0.25, 0.3) is 0 Å². The van der Waals surface area contributed by atoms with Crippen LogP contribution < -0.4 is 9.64 Å². The summed E-state index contributed by atoms with van der Waals surface area (Å²) in [5.41, 5.74) is 3.08. The van der Waals surface area contributed by atoms with E-state index in [1.165, 1.54) is 11.4 Å². The van der Waals surface area contributed by atoms with Crippen molar-refractivity contribution in [3.05, 3.63) is 52.5 Å². The molecular formula is C19H23ClN2O3S. The summed E-state index contributed by atoms with van der Waals surface area (Å²) < 4.78 is 33.0. The molecule has 0 aliphatic carbocycles. The maximum absolute atomic E-state index is 13.1. The summed E-state index contributed by atoms with van der Waals surface area (Å²) in [6, 6.07) is 11.0. The molecule has 2 aromatic rings. The second kappa shape index (κ2) is 7.47. The quantitative estimate of drug-likeness (QED) is 0.796. The Kier molecular flexibility index (Phi) is 5.46. The third-order valence-corrected chi connectivity index (χ3v) is 6.83. The molecule has 1 aliphatic rings. The normalized spacial score (nSPS) is 15.9. The predicted octanol–water partition coefficient (Wildman–Crippen LogP) is 3.48. The minimum Gasteiger partial charge on any atom is -0.495 e. The fourth-order valence-electron chi connectivity index (χ4n) is 3.27. The van der Waals surface area contributed by atoms with Crippen LogP contribution in [-0.4, -0.2) is 46.0 Å². The van der Waals surface area contributed by atoms with Crippen LogP contribution in [0.2, 0.25) is 5.02 Å². The zero-order valence-electron chi connectivity index (χ0n) is 15.2. The molecule has 0 spiro atoms. The monoisotopic (exact) mass is 394 g/mol. The third-order valence-electron chi connectivity index (χ3n) is 4.68. The number of nitrogens with zero attached hydrogens (tertiary/aromatic N) is 2. The molecule has 0 saturated carbocycles. The van der Waals surface area contributed by atoms with Gasteiger partial charge in [0.25, 0.3) is 0 Å². The minimum absolute atomic E-state index is 0.233. The first-order valence-electron chi connectivity index (χ1n) is 8.49. The van der Waals surface area contributed by atoms with Gasteiger partial charge in [0, 0.05) is 36.9 Å². The Morgan fingerprint density at radius 1 is 1.00 bits per heavy atom. The summed E-state index contributed by atoms with van der Waals surface area (Å²) in [6.07, 6.45) is 0. The highest BCUT2D eigenvalue weighted by atomic mass is 35.5. The summed E-state index contributed by atoms with van der Waals surface area (Å²) in [5.74, 6) is 0.381. The first-order valence-corrected chi connectivity index (χ1v) is 10.3. The third kappa shape index (κ3) is 3.68. The van der Waals surface area contributed by atoms with E-state index in [1.54, 1.807) is 12.1 Å². The number of hydrogen-bond donors (Lipinski definition) is 0. The van der Waals surface area contributed by atoms with Crippen LogP contribution in [-0.2, 0) is 10.0 Å². The van der Waals surface area contributed by atoms with Gasteiger partial charge in [0.05, 0.1) is 7.11 Å². The Morgan fingerprint density at radius 2 is 1.69 bits per heavy atom. The van der Waals surface area contributed by atoms with Gasteiger partial charge in [-0.15, -0.1) is 0 Å². The van der Waals surface area contributed by atoms with E-state index in [9.17, 15) is 8.42 Å². The summed E-state index contributed by atoms with van der Waals surface area (Å²) in [4.78, 5) is 2.43. The highest BCUT2D eigenvalue weighted by molar-refractivity contribution is 7.89.